The molecule has 1 aliphatic rings. The summed E-state index contributed by atoms with van der Waals surface area (Å²) in [4.78, 5) is 35.9. The topological polar surface area (TPSA) is 120 Å². The van der Waals surface area contributed by atoms with E-state index < -0.39 is 0 Å². The maximum Gasteiger partial charge on any atom is 0.261 e. The van der Waals surface area contributed by atoms with Crippen molar-refractivity contribution in [3.8, 4) is 11.4 Å². The number of fused-ring (bicyclic) bond motifs is 2. The minimum Gasteiger partial charge on any atom is -0.372 e. The zero-order chi connectivity index (χ0) is 24.6. The van der Waals surface area contributed by atoms with E-state index in [2.05, 4.69) is 54.3 Å². The van der Waals surface area contributed by atoms with Gasteiger partial charge in [0.25, 0.3) is 5.56 Å². The molecule has 0 radical (unpaired) electrons. The van der Waals surface area contributed by atoms with Crippen molar-refractivity contribution in [2.24, 2.45) is 7.05 Å². The number of aromatic amines is 2. The first-order valence-corrected chi connectivity index (χ1v) is 12.5. The van der Waals surface area contributed by atoms with Crippen LogP contribution in [0.5, 0.6) is 0 Å². The van der Waals surface area contributed by atoms with Crippen LogP contribution in [0, 0.1) is 0 Å². The van der Waals surface area contributed by atoms with Crippen LogP contribution in [0.4, 0.5) is 11.4 Å². The van der Waals surface area contributed by atoms with Crippen molar-refractivity contribution in [2.75, 3.05) is 23.3 Å². The standard InChI is InChI=1S/C26H29N9O/c1-3-17(24-27-10-7-11-28-24)29-23-21(26(36)32-20-15-34(2)33-22(20)23)25-30-18-9-8-16(14-19(18)31-25)35-12-5-4-6-13-35/h7-11,14-15,17,29H,3-6,12-13H2,1-2H3,(H,30,31)(H,32,36)/t17-/m0/s1. The van der Waals surface area contributed by atoms with Gasteiger partial charge in [0.05, 0.1) is 28.3 Å². The van der Waals surface area contributed by atoms with E-state index in [0.717, 1.165) is 30.5 Å². The SMILES string of the molecule is CC[C@H](Nc1c(-c2nc3ccc(N4CCCCC4)cc3[nH]2)c(=O)[nH]c2cn(C)nc12)c1ncccn1. The van der Waals surface area contributed by atoms with E-state index >= 15 is 0 Å². The Morgan fingerprint density at radius 3 is 2.67 bits per heavy atom. The number of benzene rings is 1. The molecular formula is C26H29N9O. The number of aromatic nitrogens is 7. The first-order chi connectivity index (χ1) is 17.6. The summed E-state index contributed by atoms with van der Waals surface area (Å²) in [7, 11) is 1.84. The Bertz CT molecular complexity index is 1580. The molecule has 0 aliphatic carbocycles. The second-order valence-corrected chi connectivity index (χ2v) is 9.32. The second-order valence-electron chi connectivity index (χ2n) is 9.32. The van der Waals surface area contributed by atoms with Gasteiger partial charge in [-0.25, -0.2) is 15.0 Å². The number of pyridine rings is 1. The number of nitrogens with zero attached hydrogens (tertiary/aromatic N) is 6. The van der Waals surface area contributed by atoms with Crippen LogP contribution >= 0.6 is 0 Å². The molecule has 1 saturated heterocycles. The summed E-state index contributed by atoms with van der Waals surface area (Å²) in [6.07, 6.45) is 9.68. The van der Waals surface area contributed by atoms with Crippen LogP contribution in [0.3, 0.4) is 0 Å². The molecule has 3 N–H and O–H groups in total. The molecule has 36 heavy (non-hydrogen) atoms. The number of piperidine rings is 1. The monoisotopic (exact) mass is 483 g/mol. The van der Waals surface area contributed by atoms with Gasteiger partial charge >= 0.3 is 0 Å². The molecule has 4 aromatic heterocycles. The van der Waals surface area contributed by atoms with Crippen molar-refractivity contribution in [1.29, 1.82) is 0 Å². The first kappa shape index (κ1) is 22.3. The second kappa shape index (κ2) is 9.10. The maximum absolute atomic E-state index is 13.4. The number of H-pyrrole nitrogens is 2. The Morgan fingerprint density at radius 2 is 1.89 bits per heavy atom. The summed E-state index contributed by atoms with van der Waals surface area (Å²) in [5.74, 6) is 1.16. The van der Waals surface area contributed by atoms with Gasteiger partial charge in [0.1, 0.15) is 22.7 Å². The van der Waals surface area contributed by atoms with Crippen molar-refractivity contribution in [1.82, 2.24) is 34.7 Å². The van der Waals surface area contributed by atoms with Crippen molar-refractivity contribution >= 4 is 33.4 Å². The fourth-order valence-corrected chi connectivity index (χ4v) is 5.03. The molecule has 1 fully saturated rings. The molecule has 1 aromatic carbocycles. The van der Waals surface area contributed by atoms with Crippen LogP contribution < -0.4 is 15.8 Å². The normalized spacial score (nSPS) is 15.0. The van der Waals surface area contributed by atoms with Gasteiger partial charge in [-0.05, 0) is 49.9 Å². The van der Waals surface area contributed by atoms with Crippen LogP contribution in [-0.2, 0) is 7.05 Å². The number of aryl methyl sites for hydroxylation is 1. The molecule has 1 atom stereocenters. The predicted octanol–water partition coefficient (Wildman–Crippen LogP) is 4.15. The molecule has 10 nitrogen and oxygen atoms in total. The van der Waals surface area contributed by atoms with Crippen LogP contribution in [-0.4, -0.2) is 47.8 Å². The van der Waals surface area contributed by atoms with Gasteiger partial charge in [0, 0.05) is 44.4 Å². The lowest BCUT2D eigenvalue weighted by Gasteiger charge is -2.28. The summed E-state index contributed by atoms with van der Waals surface area (Å²) < 4.78 is 1.69. The van der Waals surface area contributed by atoms with Gasteiger partial charge in [-0.1, -0.05) is 6.92 Å². The molecule has 5 aromatic rings. The highest BCUT2D eigenvalue weighted by atomic mass is 16.1. The highest BCUT2D eigenvalue weighted by Gasteiger charge is 2.23. The van der Waals surface area contributed by atoms with E-state index in [4.69, 9.17) is 4.98 Å². The minimum atomic E-state index is -0.239. The molecule has 0 amide bonds. The predicted molar refractivity (Wildman–Crippen MR) is 141 cm³/mol. The zero-order valence-corrected chi connectivity index (χ0v) is 20.5. The van der Waals surface area contributed by atoms with E-state index in [0.29, 0.717) is 33.9 Å². The van der Waals surface area contributed by atoms with Crippen LogP contribution in [0.15, 0.2) is 47.7 Å². The lowest BCUT2D eigenvalue weighted by Crippen LogP contribution is -2.29. The van der Waals surface area contributed by atoms with Crippen molar-refractivity contribution in [3.05, 3.63) is 59.0 Å². The molecule has 0 spiro atoms. The Kier molecular flexibility index (Phi) is 5.63. The summed E-state index contributed by atoms with van der Waals surface area (Å²) >= 11 is 0. The van der Waals surface area contributed by atoms with Crippen LogP contribution in [0.1, 0.15) is 44.5 Å². The Labute approximate surface area is 207 Å². The molecule has 0 unspecified atom stereocenters. The van der Waals surface area contributed by atoms with Crippen LogP contribution in [0.2, 0.25) is 0 Å². The quantitative estimate of drug-likeness (QED) is 0.332. The van der Waals surface area contributed by atoms with Gasteiger partial charge in [0.15, 0.2) is 0 Å². The average molecular weight is 484 g/mol. The molecule has 10 heteroatoms. The average Bonchev–Trinajstić information content (AvgIpc) is 3.49. The van der Waals surface area contributed by atoms with E-state index in [9.17, 15) is 4.79 Å². The summed E-state index contributed by atoms with van der Waals surface area (Å²) in [5.41, 5.74) is 5.01. The van der Waals surface area contributed by atoms with Crippen molar-refractivity contribution in [2.45, 2.75) is 38.6 Å². The van der Waals surface area contributed by atoms with Gasteiger partial charge in [-0.3, -0.25) is 9.48 Å². The lowest BCUT2D eigenvalue weighted by atomic mass is 10.1. The van der Waals surface area contributed by atoms with E-state index in [1.165, 1.54) is 24.9 Å². The first-order valence-electron chi connectivity index (χ1n) is 12.5. The third-order valence-corrected chi connectivity index (χ3v) is 6.84. The lowest BCUT2D eigenvalue weighted by molar-refractivity contribution is 0.578. The molecule has 1 aliphatic heterocycles. The Balaban J connectivity index is 1.48. The summed E-state index contributed by atoms with van der Waals surface area (Å²) in [6, 6.07) is 7.85. The van der Waals surface area contributed by atoms with E-state index in [1.807, 2.05) is 13.1 Å². The number of hydrogen-bond donors (Lipinski definition) is 3. The van der Waals surface area contributed by atoms with Gasteiger partial charge in [0.2, 0.25) is 0 Å². The number of nitrogens with one attached hydrogen (secondary N) is 3. The van der Waals surface area contributed by atoms with E-state index in [1.54, 1.807) is 29.3 Å². The molecule has 0 bridgehead atoms. The fourth-order valence-electron chi connectivity index (χ4n) is 5.03. The third-order valence-electron chi connectivity index (χ3n) is 6.84. The smallest absolute Gasteiger partial charge is 0.261 e. The molecule has 184 valence electrons. The summed E-state index contributed by atoms with van der Waals surface area (Å²) in [5, 5.41) is 8.17. The minimum absolute atomic E-state index is 0.202. The molecule has 5 heterocycles. The molecule has 0 saturated carbocycles. The number of anilines is 2. The van der Waals surface area contributed by atoms with Crippen molar-refractivity contribution < 1.29 is 0 Å². The summed E-state index contributed by atoms with van der Waals surface area (Å²) in [6.45, 7) is 4.19. The van der Waals surface area contributed by atoms with E-state index in [-0.39, 0.29) is 11.6 Å². The Hall–Kier alpha value is -4.21. The third kappa shape index (κ3) is 3.98. The van der Waals surface area contributed by atoms with Crippen molar-refractivity contribution in [3.63, 3.8) is 0 Å². The zero-order valence-electron chi connectivity index (χ0n) is 20.5. The highest BCUT2D eigenvalue weighted by molar-refractivity contribution is 5.96. The highest BCUT2D eigenvalue weighted by Crippen LogP contribution is 2.33. The number of rotatable bonds is 6. The fraction of sp³-hybridized carbons (Fsp3) is 0.346. The number of imidazole rings is 1. The largest absolute Gasteiger partial charge is 0.372 e. The van der Waals surface area contributed by atoms with Gasteiger partial charge < -0.3 is 20.2 Å². The van der Waals surface area contributed by atoms with Gasteiger partial charge in [-0.15, -0.1) is 0 Å². The van der Waals surface area contributed by atoms with Crippen LogP contribution in [0.25, 0.3) is 33.5 Å². The molecular weight excluding hydrogens is 454 g/mol. The maximum atomic E-state index is 13.4. The number of hydrogen-bond acceptors (Lipinski definition) is 7. The van der Waals surface area contributed by atoms with Gasteiger partial charge in [-0.2, -0.15) is 5.10 Å². The Morgan fingerprint density at radius 1 is 1.08 bits per heavy atom. The molecule has 6 rings (SSSR count).